The standard InChI is InChI=1S/C27H34O9/c1-9-10(2)23(30)34-20(9)22-25(4,31)19-14-5-12-11-6-17-27(32)21(29)15(33-17)7-16(28)24(27,3)13(11)8-26(35-14,36-22)18(12)19/h9-15,17-20,22,31-32H,5-8H2,1-4H3/t9-,10-,11+,12+,13+,14+,15-,17+,18+,19+,20?,22?,24+,25-,26+,27+/m1/s1. The van der Waals surface area contributed by atoms with Gasteiger partial charge in [-0.15, -0.1) is 0 Å². The third-order valence-corrected chi connectivity index (χ3v) is 12.4. The van der Waals surface area contributed by atoms with Crippen LogP contribution in [0.25, 0.3) is 0 Å². The summed E-state index contributed by atoms with van der Waals surface area (Å²) in [5.74, 6) is -2.64. The van der Waals surface area contributed by atoms with Gasteiger partial charge in [0.1, 0.15) is 24.1 Å². The first kappa shape index (κ1) is 22.6. The van der Waals surface area contributed by atoms with Crippen molar-refractivity contribution in [2.45, 2.75) is 101 Å². The highest BCUT2D eigenvalue weighted by Gasteiger charge is 2.83. The largest absolute Gasteiger partial charge is 0.459 e. The number of carbonyl (C=O) groups is 3. The van der Waals surface area contributed by atoms with E-state index in [1.54, 1.807) is 13.8 Å². The third-order valence-electron chi connectivity index (χ3n) is 12.4. The average molecular weight is 503 g/mol. The van der Waals surface area contributed by atoms with Crippen LogP contribution in [0.3, 0.4) is 0 Å². The van der Waals surface area contributed by atoms with Crippen molar-refractivity contribution in [3.05, 3.63) is 0 Å². The molecule has 0 aromatic rings. The van der Waals surface area contributed by atoms with E-state index in [-0.39, 0.29) is 71.5 Å². The van der Waals surface area contributed by atoms with Crippen LogP contribution in [0.15, 0.2) is 0 Å². The molecule has 0 spiro atoms. The molecule has 0 radical (unpaired) electrons. The number of cyclic esters (lactones) is 1. The predicted octanol–water partition coefficient (Wildman–Crippen LogP) is 0.768. The summed E-state index contributed by atoms with van der Waals surface area (Å²) in [7, 11) is 0. The molecule has 0 aromatic carbocycles. The number of Topliss-reactive ketones (excluding diaryl/α,β-unsaturated/α-hetero) is 2. The van der Waals surface area contributed by atoms with Crippen molar-refractivity contribution in [3.63, 3.8) is 0 Å². The first-order valence-corrected chi connectivity index (χ1v) is 13.6. The molecule has 16 atom stereocenters. The number of ketones is 2. The molecule has 8 rings (SSSR count). The van der Waals surface area contributed by atoms with Crippen LogP contribution in [0.2, 0.25) is 0 Å². The van der Waals surface area contributed by atoms with Gasteiger partial charge in [-0.05, 0) is 44.4 Å². The summed E-state index contributed by atoms with van der Waals surface area (Å²) in [5.41, 5.74) is -4.37. The number of rotatable bonds is 1. The second-order valence-corrected chi connectivity index (χ2v) is 13.5. The number of aliphatic hydroxyl groups is 2. The highest BCUT2D eigenvalue weighted by molar-refractivity contribution is 6.08. The number of ether oxygens (including phenoxy) is 4. The fraction of sp³-hybridized carbons (Fsp3) is 0.889. The topological polar surface area (TPSA) is 129 Å². The highest BCUT2D eigenvalue weighted by Crippen LogP contribution is 2.74. The molecule has 8 aliphatic rings. The van der Waals surface area contributed by atoms with Gasteiger partial charge in [0.15, 0.2) is 17.2 Å². The van der Waals surface area contributed by atoms with Crippen LogP contribution < -0.4 is 0 Å². The van der Waals surface area contributed by atoms with E-state index in [2.05, 4.69) is 0 Å². The van der Waals surface area contributed by atoms with Crippen LogP contribution in [0.4, 0.5) is 0 Å². The van der Waals surface area contributed by atoms with Gasteiger partial charge in [0.25, 0.3) is 0 Å². The minimum Gasteiger partial charge on any atom is -0.459 e. The molecule has 2 N–H and O–H groups in total. The maximum Gasteiger partial charge on any atom is 0.309 e. The van der Waals surface area contributed by atoms with E-state index >= 15 is 0 Å². The van der Waals surface area contributed by atoms with Crippen molar-refractivity contribution in [1.82, 2.24) is 0 Å². The van der Waals surface area contributed by atoms with Crippen molar-refractivity contribution in [1.29, 1.82) is 0 Å². The summed E-state index contributed by atoms with van der Waals surface area (Å²) in [4.78, 5) is 39.2. The fourth-order valence-electron chi connectivity index (χ4n) is 10.5. The maximum absolute atomic E-state index is 13.6. The zero-order chi connectivity index (χ0) is 25.3. The van der Waals surface area contributed by atoms with Crippen molar-refractivity contribution in [3.8, 4) is 0 Å². The molecule has 0 aromatic heterocycles. The maximum atomic E-state index is 13.6. The van der Waals surface area contributed by atoms with E-state index in [4.69, 9.17) is 18.9 Å². The SMILES string of the molecule is C[C@H]1C(=O)OC(C2O[C@]34C[C@H]5[C@@H](C[C@@H]6O[C@@H]7CC(=O)[C@@]5(C)[C@@]6(O)C7=O)[C@@H]5C[C@H](O3)[C@@H]([C@H]54)[C@@]2(C)O)[C@@H]1C. The fourth-order valence-corrected chi connectivity index (χ4v) is 10.5. The van der Waals surface area contributed by atoms with Gasteiger partial charge in [-0.25, -0.2) is 0 Å². The molecule has 2 unspecified atom stereocenters. The molecule has 4 saturated carbocycles. The molecule has 0 amide bonds. The molecule has 4 heterocycles. The smallest absolute Gasteiger partial charge is 0.309 e. The lowest BCUT2D eigenvalue weighted by molar-refractivity contribution is -0.369. The Kier molecular flexibility index (Phi) is 3.92. The van der Waals surface area contributed by atoms with Gasteiger partial charge >= 0.3 is 5.97 Å². The number of hydrogen-bond acceptors (Lipinski definition) is 9. The number of esters is 1. The van der Waals surface area contributed by atoms with E-state index in [0.29, 0.717) is 12.8 Å². The van der Waals surface area contributed by atoms with Gasteiger partial charge in [0.2, 0.25) is 0 Å². The molecule has 36 heavy (non-hydrogen) atoms. The summed E-state index contributed by atoms with van der Waals surface area (Å²) >= 11 is 0. The van der Waals surface area contributed by atoms with Gasteiger partial charge in [-0.1, -0.05) is 13.8 Å². The third kappa shape index (κ3) is 2.10. The number of fused-ring (bicyclic) bond motifs is 4. The monoisotopic (exact) mass is 502 g/mol. The summed E-state index contributed by atoms with van der Waals surface area (Å²) in [6, 6.07) is 0. The number of hydrogen-bond donors (Lipinski definition) is 2. The molecule has 8 fully saturated rings. The molecule has 196 valence electrons. The lowest BCUT2D eigenvalue weighted by atomic mass is 9.43. The zero-order valence-corrected chi connectivity index (χ0v) is 21.0. The van der Waals surface area contributed by atoms with Gasteiger partial charge in [0, 0.05) is 30.6 Å². The second kappa shape index (κ2) is 6.25. The molecule has 6 bridgehead atoms. The molecule has 4 saturated heterocycles. The quantitative estimate of drug-likeness (QED) is 0.500. The normalized spacial score (nSPS) is 66.1. The van der Waals surface area contributed by atoms with Crippen LogP contribution in [0.1, 0.15) is 53.4 Å². The Hall–Kier alpha value is -1.39. The van der Waals surface area contributed by atoms with Gasteiger partial charge in [-0.2, -0.15) is 0 Å². The lowest BCUT2D eigenvalue weighted by Gasteiger charge is -2.64. The Balaban J connectivity index is 1.23. The van der Waals surface area contributed by atoms with Crippen LogP contribution in [0, 0.1) is 46.8 Å². The van der Waals surface area contributed by atoms with Crippen LogP contribution in [-0.4, -0.2) is 75.3 Å². The van der Waals surface area contributed by atoms with E-state index in [1.807, 2.05) is 13.8 Å². The van der Waals surface area contributed by atoms with Gasteiger partial charge < -0.3 is 29.2 Å². The van der Waals surface area contributed by atoms with Gasteiger partial charge in [-0.3, -0.25) is 14.4 Å². The molecular formula is C27H34O9. The molecule has 9 nitrogen and oxygen atoms in total. The molecule has 4 aliphatic heterocycles. The summed E-state index contributed by atoms with van der Waals surface area (Å²) < 4.78 is 25.2. The van der Waals surface area contributed by atoms with Crippen LogP contribution >= 0.6 is 0 Å². The Morgan fingerprint density at radius 3 is 2.42 bits per heavy atom. The van der Waals surface area contributed by atoms with Crippen molar-refractivity contribution in [2.75, 3.05) is 0 Å². The predicted molar refractivity (Wildman–Crippen MR) is 119 cm³/mol. The summed E-state index contributed by atoms with van der Waals surface area (Å²) in [6.45, 7) is 7.32. The first-order chi connectivity index (χ1) is 16.9. The van der Waals surface area contributed by atoms with Crippen molar-refractivity contribution in [2.24, 2.45) is 46.8 Å². The zero-order valence-electron chi connectivity index (χ0n) is 21.0. The molecular weight excluding hydrogens is 468 g/mol. The van der Waals surface area contributed by atoms with E-state index in [1.165, 1.54) is 0 Å². The number of carbonyl (C=O) groups excluding carboxylic acids is 3. The first-order valence-electron chi connectivity index (χ1n) is 13.6. The minimum atomic E-state index is -1.83. The van der Waals surface area contributed by atoms with Gasteiger partial charge in [0.05, 0.1) is 29.1 Å². The summed E-state index contributed by atoms with van der Waals surface area (Å²) in [5, 5.41) is 23.8. The molecule has 4 aliphatic carbocycles. The Morgan fingerprint density at radius 2 is 1.72 bits per heavy atom. The van der Waals surface area contributed by atoms with Crippen molar-refractivity contribution < 1.29 is 43.5 Å². The van der Waals surface area contributed by atoms with E-state index in [0.717, 1.165) is 6.42 Å². The Bertz CT molecular complexity index is 1120. The van der Waals surface area contributed by atoms with Crippen LogP contribution in [0.5, 0.6) is 0 Å². The highest BCUT2D eigenvalue weighted by atomic mass is 16.7. The average Bonchev–Trinajstić information content (AvgIpc) is 3.48. The Labute approximate surface area is 209 Å². The van der Waals surface area contributed by atoms with Crippen molar-refractivity contribution >= 4 is 17.5 Å². The van der Waals surface area contributed by atoms with E-state index in [9.17, 15) is 24.6 Å². The second-order valence-electron chi connectivity index (χ2n) is 13.5. The molecule has 9 heteroatoms. The summed E-state index contributed by atoms with van der Waals surface area (Å²) in [6.07, 6.45) is -1.50. The van der Waals surface area contributed by atoms with E-state index < -0.39 is 46.8 Å². The van der Waals surface area contributed by atoms with Crippen LogP contribution in [-0.2, 0) is 33.3 Å². The lowest BCUT2D eigenvalue weighted by Crippen LogP contribution is -2.74. The minimum absolute atomic E-state index is 0.00378. The Morgan fingerprint density at radius 1 is 0.972 bits per heavy atom.